The number of hydrogen-bond acceptors (Lipinski definition) is 4. The monoisotopic (exact) mass is 368 g/mol. The molecular formula is C18H28N2O4S. The van der Waals surface area contributed by atoms with E-state index in [4.69, 9.17) is 4.74 Å². The highest BCUT2D eigenvalue weighted by molar-refractivity contribution is 7.89. The van der Waals surface area contributed by atoms with Crippen LogP contribution in [0.2, 0.25) is 0 Å². The molecular weight excluding hydrogens is 340 g/mol. The molecule has 0 unspecified atom stereocenters. The van der Waals surface area contributed by atoms with Gasteiger partial charge in [-0.2, -0.15) is 4.72 Å². The van der Waals surface area contributed by atoms with Gasteiger partial charge in [0, 0.05) is 13.1 Å². The van der Waals surface area contributed by atoms with Gasteiger partial charge in [-0.25, -0.2) is 8.42 Å². The molecule has 1 atom stereocenters. The predicted octanol–water partition coefficient (Wildman–Crippen LogP) is 1.86. The van der Waals surface area contributed by atoms with Crippen LogP contribution in [0.15, 0.2) is 23.1 Å². The van der Waals surface area contributed by atoms with E-state index in [1.165, 1.54) is 0 Å². The zero-order valence-electron chi connectivity index (χ0n) is 15.4. The second-order valence-corrected chi connectivity index (χ2v) is 8.70. The maximum absolute atomic E-state index is 12.8. The molecule has 1 aliphatic rings. The molecule has 1 amide bonds. The first-order valence-electron chi connectivity index (χ1n) is 8.67. The predicted molar refractivity (Wildman–Crippen MR) is 96.9 cm³/mol. The van der Waals surface area contributed by atoms with E-state index >= 15 is 0 Å². The van der Waals surface area contributed by atoms with Crippen molar-refractivity contribution in [2.75, 3.05) is 26.3 Å². The van der Waals surface area contributed by atoms with Gasteiger partial charge in [-0.15, -0.1) is 0 Å². The van der Waals surface area contributed by atoms with Gasteiger partial charge in [0.15, 0.2) is 0 Å². The summed E-state index contributed by atoms with van der Waals surface area (Å²) in [6, 6.07) is 4.25. The Morgan fingerprint density at radius 2 is 1.84 bits per heavy atom. The number of nitrogens with zero attached hydrogens (tertiary/aromatic N) is 1. The number of sulfonamides is 1. The average Bonchev–Trinajstić information content (AvgIpc) is 2.56. The molecule has 1 N–H and O–H groups in total. The molecule has 1 aromatic carbocycles. The minimum atomic E-state index is -3.76. The Hall–Kier alpha value is -1.44. The third-order valence-electron chi connectivity index (χ3n) is 4.41. The first-order valence-corrected chi connectivity index (χ1v) is 10.1. The maximum atomic E-state index is 12.8. The number of morpholine rings is 1. The van der Waals surface area contributed by atoms with Crippen LogP contribution in [0.4, 0.5) is 0 Å². The molecule has 0 spiro atoms. The van der Waals surface area contributed by atoms with Crippen molar-refractivity contribution in [2.24, 2.45) is 5.92 Å². The van der Waals surface area contributed by atoms with E-state index in [0.717, 1.165) is 11.1 Å². The Morgan fingerprint density at radius 3 is 2.40 bits per heavy atom. The van der Waals surface area contributed by atoms with Gasteiger partial charge >= 0.3 is 0 Å². The molecule has 2 rings (SSSR count). The summed E-state index contributed by atoms with van der Waals surface area (Å²) >= 11 is 0. The summed E-state index contributed by atoms with van der Waals surface area (Å²) in [5.74, 6) is 0.0156. The van der Waals surface area contributed by atoms with Gasteiger partial charge in [-0.1, -0.05) is 19.9 Å². The third kappa shape index (κ3) is 5.26. The molecule has 1 fully saturated rings. The number of rotatable bonds is 6. The number of carbonyl (C=O) groups is 1. The van der Waals surface area contributed by atoms with Crippen molar-refractivity contribution in [1.29, 1.82) is 0 Å². The topological polar surface area (TPSA) is 75.7 Å². The number of hydrogen-bond donors (Lipinski definition) is 1. The molecule has 1 heterocycles. The Bertz CT molecular complexity index is 710. The molecule has 0 radical (unpaired) electrons. The van der Waals surface area contributed by atoms with Gasteiger partial charge < -0.3 is 9.64 Å². The Balaban J connectivity index is 2.22. The molecule has 1 aromatic rings. The van der Waals surface area contributed by atoms with Crippen molar-refractivity contribution in [3.8, 4) is 0 Å². The van der Waals surface area contributed by atoms with Crippen molar-refractivity contribution in [1.82, 2.24) is 9.62 Å². The van der Waals surface area contributed by atoms with E-state index < -0.39 is 16.1 Å². The van der Waals surface area contributed by atoms with E-state index in [0.29, 0.717) is 32.7 Å². The molecule has 140 valence electrons. The summed E-state index contributed by atoms with van der Waals surface area (Å²) in [7, 11) is -3.76. The second-order valence-electron chi connectivity index (χ2n) is 6.99. The average molecular weight is 368 g/mol. The minimum absolute atomic E-state index is 0.176. The Labute approximate surface area is 150 Å². The first kappa shape index (κ1) is 19.9. The SMILES string of the molecule is Cc1ccc(S(=O)(=O)N[C@H](CC(C)C)C(=O)N2CCOCC2)cc1C. The molecule has 0 aliphatic carbocycles. The van der Waals surface area contributed by atoms with Crippen LogP contribution >= 0.6 is 0 Å². The van der Waals surface area contributed by atoms with Gasteiger partial charge in [0.1, 0.15) is 6.04 Å². The zero-order chi connectivity index (χ0) is 18.6. The van der Waals surface area contributed by atoms with Crippen molar-refractivity contribution in [2.45, 2.75) is 45.1 Å². The van der Waals surface area contributed by atoms with Crippen LogP contribution in [0.1, 0.15) is 31.4 Å². The molecule has 0 saturated carbocycles. The van der Waals surface area contributed by atoms with E-state index in [1.54, 1.807) is 23.1 Å². The van der Waals surface area contributed by atoms with Gasteiger partial charge in [0.05, 0.1) is 18.1 Å². The lowest BCUT2D eigenvalue weighted by Crippen LogP contribution is -2.52. The van der Waals surface area contributed by atoms with Crippen LogP contribution in [0.3, 0.4) is 0 Å². The van der Waals surface area contributed by atoms with E-state index in [1.807, 2.05) is 27.7 Å². The normalized spacial score (nSPS) is 16.9. The molecule has 25 heavy (non-hydrogen) atoms. The quantitative estimate of drug-likeness (QED) is 0.831. The summed E-state index contributed by atoms with van der Waals surface area (Å²) in [4.78, 5) is 14.7. The molecule has 7 heteroatoms. The number of carbonyl (C=O) groups excluding carboxylic acids is 1. The van der Waals surface area contributed by atoms with Crippen LogP contribution < -0.4 is 4.72 Å². The minimum Gasteiger partial charge on any atom is -0.378 e. The van der Waals surface area contributed by atoms with Gasteiger partial charge in [-0.05, 0) is 49.4 Å². The zero-order valence-corrected chi connectivity index (χ0v) is 16.2. The van der Waals surface area contributed by atoms with Crippen LogP contribution in [0.5, 0.6) is 0 Å². The fraction of sp³-hybridized carbons (Fsp3) is 0.611. The summed E-state index contributed by atoms with van der Waals surface area (Å²) in [6.45, 7) is 9.74. The van der Waals surface area contributed by atoms with Crippen molar-refractivity contribution < 1.29 is 17.9 Å². The largest absolute Gasteiger partial charge is 0.378 e. The molecule has 1 saturated heterocycles. The summed E-state index contributed by atoms with van der Waals surface area (Å²) in [6.07, 6.45) is 0.459. The van der Waals surface area contributed by atoms with E-state index in [-0.39, 0.29) is 16.7 Å². The molecule has 6 nitrogen and oxygen atoms in total. The molecule has 0 aromatic heterocycles. The van der Waals surface area contributed by atoms with Crippen molar-refractivity contribution >= 4 is 15.9 Å². The van der Waals surface area contributed by atoms with E-state index in [2.05, 4.69) is 4.72 Å². The fourth-order valence-corrected chi connectivity index (χ4v) is 4.10. The summed E-state index contributed by atoms with van der Waals surface area (Å²) in [5.41, 5.74) is 1.94. The number of ether oxygens (including phenoxy) is 1. The summed E-state index contributed by atoms with van der Waals surface area (Å²) < 4.78 is 33.4. The van der Waals surface area contributed by atoms with Gasteiger partial charge in [0.25, 0.3) is 0 Å². The number of amides is 1. The molecule has 0 bridgehead atoms. The van der Waals surface area contributed by atoms with Crippen LogP contribution in [0.25, 0.3) is 0 Å². The highest BCUT2D eigenvalue weighted by Crippen LogP contribution is 2.17. The standard InChI is InChI=1S/C18H28N2O4S/c1-13(2)11-17(18(21)20-7-9-24-10-8-20)19-25(22,23)16-6-5-14(3)15(4)12-16/h5-6,12-13,17,19H,7-11H2,1-4H3/t17-/m1/s1. The van der Waals surface area contributed by atoms with Crippen LogP contribution in [-0.2, 0) is 19.6 Å². The summed E-state index contributed by atoms with van der Waals surface area (Å²) in [5, 5.41) is 0. The third-order valence-corrected chi connectivity index (χ3v) is 5.88. The molecule has 1 aliphatic heterocycles. The van der Waals surface area contributed by atoms with Crippen molar-refractivity contribution in [3.63, 3.8) is 0 Å². The smallest absolute Gasteiger partial charge is 0.241 e. The lowest BCUT2D eigenvalue weighted by molar-refractivity contribution is -0.137. The maximum Gasteiger partial charge on any atom is 0.241 e. The fourth-order valence-electron chi connectivity index (χ4n) is 2.81. The number of nitrogens with one attached hydrogen (secondary N) is 1. The van der Waals surface area contributed by atoms with Crippen LogP contribution in [-0.4, -0.2) is 51.6 Å². The number of aryl methyl sites for hydroxylation is 2. The van der Waals surface area contributed by atoms with Gasteiger partial charge in [0.2, 0.25) is 15.9 Å². The second kappa shape index (κ2) is 8.29. The Kier molecular flexibility index (Phi) is 6.59. The van der Waals surface area contributed by atoms with Crippen LogP contribution in [0, 0.1) is 19.8 Å². The highest BCUT2D eigenvalue weighted by atomic mass is 32.2. The van der Waals surface area contributed by atoms with Crippen molar-refractivity contribution in [3.05, 3.63) is 29.3 Å². The van der Waals surface area contributed by atoms with Gasteiger partial charge in [-0.3, -0.25) is 4.79 Å². The highest BCUT2D eigenvalue weighted by Gasteiger charge is 2.30. The lowest BCUT2D eigenvalue weighted by atomic mass is 10.0. The lowest BCUT2D eigenvalue weighted by Gasteiger charge is -2.31. The van der Waals surface area contributed by atoms with E-state index in [9.17, 15) is 13.2 Å². The Morgan fingerprint density at radius 1 is 1.20 bits per heavy atom. The first-order chi connectivity index (χ1) is 11.7. The number of benzene rings is 1.